The molecular formula is C17H13ClO4. The van der Waals surface area contributed by atoms with Crippen LogP contribution < -0.4 is 4.74 Å². The maximum Gasteiger partial charge on any atom is 0.232 e. The van der Waals surface area contributed by atoms with Gasteiger partial charge in [-0.2, -0.15) is 0 Å². The van der Waals surface area contributed by atoms with E-state index in [9.17, 15) is 15.0 Å². The van der Waals surface area contributed by atoms with Gasteiger partial charge >= 0.3 is 0 Å². The minimum Gasteiger partial charge on any atom is -0.504 e. The molecule has 0 saturated carbocycles. The molecule has 4 nitrogen and oxygen atoms in total. The molecule has 22 heavy (non-hydrogen) atoms. The molecule has 5 heteroatoms. The smallest absolute Gasteiger partial charge is 0.232 e. The zero-order chi connectivity index (χ0) is 16.0. The van der Waals surface area contributed by atoms with Crippen LogP contribution in [-0.4, -0.2) is 16.0 Å². The fourth-order valence-electron chi connectivity index (χ4n) is 2.45. The van der Waals surface area contributed by atoms with Crippen molar-refractivity contribution < 1.29 is 19.7 Å². The minimum atomic E-state index is -0.257. The van der Waals surface area contributed by atoms with Crippen molar-refractivity contribution in [2.24, 2.45) is 0 Å². The van der Waals surface area contributed by atoms with Gasteiger partial charge in [0.2, 0.25) is 5.78 Å². The second kappa shape index (κ2) is 5.07. The Kier molecular flexibility index (Phi) is 3.34. The lowest BCUT2D eigenvalue weighted by atomic mass is 10.0. The molecule has 0 aromatic heterocycles. The third-order valence-electron chi connectivity index (χ3n) is 3.61. The van der Waals surface area contributed by atoms with Crippen molar-refractivity contribution in [3.63, 3.8) is 0 Å². The summed E-state index contributed by atoms with van der Waals surface area (Å²) in [6, 6.07) is 6.01. The quantitative estimate of drug-likeness (QED) is 0.617. The van der Waals surface area contributed by atoms with Gasteiger partial charge in [-0.1, -0.05) is 17.7 Å². The summed E-state index contributed by atoms with van der Waals surface area (Å²) in [6.07, 6.45) is 1.52. The second-order valence-electron chi connectivity index (χ2n) is 5.19. The molecule has 2 aromatic carbocycles. The summed E-state index contributed by atoms with van der Waals surface area (Å²) in [4.78, 5) is 12.5. The van der Waals surface area contributed by atoms with Gasteiger partial charge in [-0.25, -0.2) is 0 Å². The third kappa shape index (κ3) is 2.22. The summed E-state index contributed by atoms with van der Waals surface area (Å²) in [5.74, 6) is -0.0831. The van der Waals surface area contributed by atoms with Crippen LogP contribution in [0.4, 0.5) is 0 Å². The Hall–Kier alpha value is -2.46. The van der Waals surface area contributed by atoms with Crippen LogP contribution in [0.25, 0.3) is 6.08 Å². The van der Waals surface area contributed by atoms with Gasteiger partial charge < -0.3 is 14.9 Å². The molecule has 2 N–H and O–H groups in total. The standard InChI is InChI=1S/C17H13ClO4/c1-8-5-13-15(9(2)16(8)18)17(21)14(22-13)7-10-3-4-11(19)12(20)6-10/h3-7,19-20H,1-2H3. The zero-order valence-corrected chi connectivity index (χ0v) is 12.7. The number of carbonyl (C=O) groups excluding carboxylic acids is 1. The number of ether oxygens (including phenoxy) is 1. The van der Waals surface area contributed by atoms with Crippen LogP contribution in [0, 0.1) is 13.8 Å². The predicted octanol–water partition coefficient (Wildman–Crippen LogP) is 3.98. The van der Waals surface area contributed by atoms with Gasteiger partial charge in [-0.15, -0.1) is 0 Å². The zero-order valence-electron chi connectivity index (χ0n) is 12.0. The molecule has 0 saturated heterocycles. The molecule has 0 bridgehead atoms. The van der Waals surface area contributed by atoms with E-state index in [1.54, 1.807) is 19.1 Å². The van der Waals surface area contributed by atoms with Crippen LogP contribution >= 0.6 is 11.6 Å². The highest BCUT2D eigenvalue weighted by molar-refractivity contribution is 6.33. The Morgan fingerprint density at radius 2 is 1.86 bits per heavy atom. The molecule has 1 aliphatic heterocycles. The number of phenolic OH excluding ortho intramolecular Hbond substituents is 2. The van der Waals surface area contributed by atoms with Crippen molar-refractivity contribution in [1.82, 2.24) is 0 Å². The summed E-state index contributed by atoms with van der Waals surface area (Å²) in [7, 11) is 0. The SMILES string of the molecule is Cc1cc2c(c(C)c1Cl)C(=O)C(=Cc1ccc(O)c(O)c1)O2. The van der Waals surface area contributed by atoms with Crippen LogP contribution in [0.2, 0.25) is 5.02 Å². The Morgan fingerprint density at radius 1 is 1.14 bits per heavy atom. The normalized spacial score (nSPS) is 15.0. The van der Waals surface area contributed by atoms with Gasteiger partial charge in [0.1, 0.15) is 5.75 Å². The first-order valence-electron chi connectivity index (χ1n) is 6.64. The third-order valence-corrected chi connectivity index (χ3v) is 4.19. The largest absolute Gasteiger partial charge is 0.504 e. The summed E-state index contributed by atoms with van der Waals surface area (Å²) >= 11 is 6.18. The fraction of sp³-hybridized carbons (Fsp3) is 0.118. The molecule has 3 rings (SSSR count). The topological polar surface area (TPSA) is 66.8 Å². The minimum absolute atomic E-state index is 0.157. The van der Waals surface area contributed by atoms with Gasteiger partial charge in [-0.3, -0.25) is 4.79 Å². The van der Waals surface area contributed by atoms with E-state index in [-0.39, 0.29) is 23.0 Å². The number of hydrogen-bond acceptors (Lipinski definition) is 4. The number of carbonyl (C=O) groups is 1. The van der Waals surface area contributed by atoms with Crippen molar-refractivity contribution in [2.75, 3.05) is 0 Å². The van der Waals surface area contributed by atoms with E-state index in [2.05, 4.69) is 0 Å². The number of Topliss-reactive ketones (excluding diaryl/α,β-unsaturated/α-hetero) is 1. The molecular weight excluding hydrogens is 304 g/mol. The number of aryl methyl sites for hydroxylation is 1. The highest BCUT2D eigenvalue weighted by Crippen LogP contribution is 2.39. The lowest BCUT2D eigenvalue weighted by molar-refractivity contribution is 0.101. The summed E-state index contributed by atoms with van der Waals surface area (Å²) in [5.41, 5.74) is 2.55. The van der Waals surface area contributed by atoms with E-state index in [1.807, 2.05) is 6.92 Å². The van der Waals surface area contributed by atoms with Gasteiger partial charge in [0.25, 0.3) is 0 Å². The molecule has 0 radical (unpaired) electrons. The number of ketones is 1. The lowest BCUT2D eigenvalue weighted by Crippen LogP contribution is -2.00. The number of aromatic hydroxyl groups is 2. The van der Waals surface area contributed by atoms with E-state index < -0.39 is 0 Å². The van der Waals surface area contributed by atoms with Crippen molar-refractivity contribution in [3.8, 4) is 17.2 Å². The number of halogens is 1. The second-order valence-corrected chi connectivity index (χ2v) is 5.57. The number of phenols is 2. The highest BCUT2D eigenvalue weighted by atomic mass is 35.5. The van der Waals surface area contributed by atoms with Gasteiger partial charge in [0, 0.05) is 5.02 Å². The van der Waals surface area contributed by atoms with Crippen molar-refractivity contribution in [1.29, 1.82) is 0 Å². The Bertz CT molecular complexity index is 837. The Labute approximate surface area is 132 Å². The van der Waals surface area contributed by atoms with Gasteiger partial charge in [0.15, 0.2) is 17.3 Å². The molecule has 1 heterocycles. The summed E-state index contributed by atoms with van der Waals surface area (Å²) in [6.45, 7) is 3.63. The van der Waals surface area contributed by atoms with Crippen molar-refractivity contribution in [2.45, 2.75) is 13.8 Å². The molecule has 0 unspecified atom stereocenters. The number of fused-ring (bicyclic) bond motifs is 1. The lowest BCUT2D eigenvalue weighted by Gasteiger charge is -2.05. The van der Waals surface area contributed by atoms with Crippen LogP contribution in [-0.2, 0) is 0 Å². The van der Waals surface area contributed by atoms with Crippen LogP contribution in [0.5, 0.6) is 17.2 Å². The molecule has 0 spiro atoms. The monoisotopic (exact) mass is 316 g/mol. The van der Waals surface area contributed by atoms with Crippen LogP contribution in [0.3, 0.4) is 0 Å². The van der Waals surface area contributed by atoms with Crippen molar-refractivity contribution >= 4 is 23.5 Å². The van der Waals surface area contributed by atoms with Gasteiger partial charge in [-0.05, 0) is 54.8 Å². The molecule has 0 atom stereocenters. The maximum atomic E-state index is 12.5. The highest BCUT2D eigenvalue weighted by Gasteiger charge is 2.30. The maximum absolute atomic E-state index is 12.5. The number of hydrogen-bond donors (Lipinski definition) is 2. The molecule has 0 aliphatic carbocycles. The van der Waals surface area contributed by atoms with Crippen molar-refractivity contribution in [3.05, 3.63) is 57.3 Å². The number of rotatable bonds is 1. The van der Waals surface area contributed by atoms with E-state index in [0.29, 0.717) is 27.5 Å². The number of allylic oxidation sites excluding steroid dienone is 1. The molecule has 112 valence electrons. The average Bonchev–Trinajstić information content (AvgIpc) is 2.77. The Morgan fingerprint density at radius 3 is 2.55 bits per heavy atom. The predicted molar refractivity (Wildman–Crippen MR) is 83.6 cm³/mol. The van der Waals surface area contributed by atoms with Crippen LogP contribution in [0.1, 0.15) is 27.0 Å². The molecule has 0 amide bonds. The summed E-state index contributed by atoms with van der Waals surface area (Å²) in [5, 5.41) is 19.4. The molecule has 1 aliphatic rings. The first kappa shape index (κ1) is 14.5. The Balaban J connectivity index is 2.05. The number of benzene rings is 2. The summed E-state index contributed by atoms with van der Waals surface area (Å²) < 4.78 is 5.62. The molecule has 2 aromatic rings. The first-order chi connectivity index (χ1) is 10.4. The fourth-order valence-corrected chi connectivity index (χ4v) is 2.60. The van der Waals surface area contributed by atoms with E-state index in [0.717, 1.165) is 5.56 Å². The van der Waals surface area contributed by atoms with Gasteiger partial charge in [0.05, 0.1) is 5.56 Å². The van der Waals surface area contributed by atoms with Crippen LogP contribution in [0.15, 0.2) is 30.0 Å². The first-order valence-corrected chi connectivity index (χ1v) is 7.02. The van der Waals surface area contributed by atoms with E-state index in [4.69, 9.17) is 16.3 Å². The molecule has 0 fully saturated rings. The van der Waals surface area contributed by atoms with E-state index in [1.165, 1.54) is 18.2 Å². The average molecular weight is 317 g/mol. The van der Waals surface area contributed by atoms with E-state index >= 15 is 0 Å².